The second kappa shape index (κ2) is 4.84. The van der Waals surface area contributed by atoms with Crippen molar-refractivity contribution in [2.75, 3.05) is 20.3 Å². The summed E-state index contributed by atoms with van der Waals surface area (Å²) in [5.41, 5.74) is 6.17. The molecule has 6 heteroatoms. The van der Waals surface area contributed by atoms with E-state index < -0.39 is 5.97 Å². The Bertz CT molecular complexity index is 535. The number of methoxy groups -OCH3 is 1. The maximum atomic E-state index is 11.6. The number of ether oxygens (including phenoxy) is 2. The first-order chi connectivity index (χ1) is 8.27. The molecule has 17 heavy (non-hydrogen) atoms. The first kappa shape index (κ1) is 11.4. The Hall–Kier alpha value is -2.08. The van der Waals surface area contributed by atoms with Gasteiger partial charge in [0.15, 0.2) is 5.58 Å². The fraction of sp³-hybridized carbons (Fsp3) is 0.273. The molecule has 0 saturated heterocycles. The van der Waals surface area contributed by atoms with Crippen LogP contribution in [0.5, 0.6) is 5.88 Å². The molecule has 2 rings (SSSR count). The molecule has 0 aliphatic carbocycles. The van der Waals surface area contributed by atoms with Crippen LogP contribution in [0.15, 0.2) is 22.7 Å². The standard InChI is InChI=1S/C11H12N2O4/c1-15-11(14)7-3-2-4-8-9(7)10(13-17-8)16-6-5-12/h2-4H,5-6,12H2,1H3. The van der Waals surface area contributed by atoms with Crippen molar-refractivity contribution in [3.8, 4) is 5.88 Å². The molecule has 0 amide bonds. The monoisotopic (exact) mass is 236 g/mol. The Balaban J connectivity index is 2.51. The van der Waals surface area contributed by atoms with Gasteiger partial charge in [-0.25, -0.2) is 4.79 Å². The van der Waals surface area contributed by atoms with Gasteiger partial charge in [-0.1, -0.05) is 6.07 Å². The number of nitrogens with two attached hydrogens (primary N) is 1. The molecule has 0 radical (unpaired) electrons. The number of aromatic nitrogens is 1. The minimum Gasteiger partial charge on any atom is -0.474 e. The molecule has 0 unspecified atom stereocenters. The average Bonchev–Trinajstić information content (AvgIpc) is 2.78. The van der Waals surface area contributed by atoms with Crippen LogP contribution in [0.25, 0.3) is 11.0 Å². The average molecular weight is 236 g/mol. The van der Waals surface area contributed by atoms with Gasteiger partial charge in [-0.15, -0.1) is 0 Å². The molecule has 1 aromatic heterocycles. The highest BCUT2D eigenvalue weighted by Crippen LogP contribution is 2.28. The largest absolute Gasteiger partial charge is 0.474 e. The van der Waals surface area contributed by atoms with Gasteiger partial charge in [0.25, 0.3) is 5.88 Å². The molecule has 2 N–H and O–H groups in total. The van der Waals surface area contributed by atoms with Crippen molar-refractivity contribution >= 4 is 16.9 Å². The lowest BCUT2D eigenvalue weighted by Gasteiger charge is -2.02. The highest BCUT2D eigenvalue weighted by atomic mass is 16.5. The zero-order chi connectivity index (χ0) is 12.3. The van der Waals surface area contributed by atoms with Gasteiger partial charge in [0.1, 0.15) is 6.61 Å². The molecule has 0 spiro atoms. The summed E-state index contributed by atoms with van der Waals surface area (Å²) in [6, 6.07) is 5.01. The van der Waals surface area contributed by atoms with Crippen molar-refractivity contribution in [2.45, 2.75) is 0 Å². The molecule has 1 heterocycles. The van der Waals surface area contributed by atoms with E-state index in [-0.39, 0.29) is 5.88 Å². The summed E-state index contributed by atoms with van der Waals surface area (Å²) >= 11 is 0. The third-order valence-electron chi connectivity index (χ3n) is 2.23. The van der Waals surface area contributed by atoms with Gasteiger partial charge in [0, 0.05) is 6.54 Å². The second-order valence-electron chi connectivity index (χ2n) is 3.30. The minimum absolute atomic E-state index is 0.256. The number of fused-ring (bicyclic) bond motifs is 1. The van der Waals surface area contributed by atoms with E-state index in [4.69, 9.17) is 15.0 Å². The van der Waals surface area contributed by atoms with Gasteiger partial charge >= 0.3 is 5.97 Å². The highest BCUT2D eigenvalue weighted by Gasteiger charge is 2.18. The number of benzene rings is 1. The number of hydrogen-bond acceptors (Lipinski definition) is 6. The third kappa shape index (κ3) is 2.07. The number of rotatable bonds is 4. The highest BCUT2D eigenvalue weighted by molar-refractivity contribution is 6.05. The number of carbonyl (C=O) groups excluding carboxylic acids is 1. The summed E-state index contributed by atoms with van der Waals surface area (Å²) in [7, 11) is 1.31. The smallest absolute Gasteiger partial charge is 0.338 e. The van der Waals surface area contributed by atoms with Gasteiger partial charge in [-0.3, -0.25) is 0 Å². The molecule has 6 nitrogen and oxygen atoms in total. The van der Waals surface area contributed by atoms with Gasteiger partial charge in [0.05, 0.1) is 18.1 Å². The first-order valence-corrected chi connectivity index (χ1v) is 5.07. The first-order valence-electron chi connectivity index (χ1n) is 5.07. The molecule has 0 fully saturated rings. The molecule has 0 aliphatic rings. The molecule has 2 aromatic rings. The topological polar surface area (TPSA) is 87.6 Å². The van der Waals surface area contributed by atoms with E-state index in [1.165, 1.54) is 7.11 Å². The van der Waals surface area contributed by atoms with Crippen LogP contribution in [0.1, 0.15) is 10.4 Å². The predicted octanol–water partition coefficient (Wildman–Crippen LogP) is 0.952. The molecular formula is C11H12N2O4. The number of hydrogen-bond donors (Lipinski definition) is 1. The van der Waals surface area contributed by atoms with Crippen LogP contribution in [-0.4, -0.2) is 31.4 Å². The Morgan fingerprint density at radius 3 is 3.06 bits per heavy atom. The van der Waals surface area contributed by atoms with Crippen LogP contribution in [0, 0.1) is 0 Å². The van der Waals surface area contributed by atoms with Gasteiger partial charge < -0.3 is 19.7 Å². The maximum absolute atomic E-state index is 11.6. The fourth-order valence-corrected chi connectivity index (χ4v) is 1.50. The summed E-state index contributed by atoms with van der Waals surface area (Å²) in [6.45, 7) is 0.659. The molecule has 0 bridgehead atoms. The van der Waals surface area contributed by atoms with Gasteiger partial charge in [-0.2, -0.15) is 0 Å². The van der Waals surface area contributed by atoms with E-state index in [9.17, 15) is 4.79 Å². The molecule has 0 aliphatic heterocycles. The van der Waals surface area contributed by atoms with Crippen LogP contribution in [-0.2, 0) is 4.74 Å². The quantitative estimate of drug-likeness (QED) is 0.795. The molecule has 1 aromatic carbocycles. The second-order valence-corrected chi connectivity index (χ2v) is 3.30. The van der Waals surface area contributed by atoms with Crippen LogP contribution >= 0.6 is 0 Å². The summed E-state index contributed by atoms with van der Waals surface area (Å²) in [5, 5.41) is 4.26. The number of nitrogens with zero attached hydrogens (tertiary/aromatic N) is 1. The predicted molar refractivity (Wildman–Crippen MR) is 59.9 cm³/mol. The zero-order valence-electron chi connectivity index (χ0n) is 9.30. The van der Waals surface area contributed by atoms with E-state index in [2.05, 4.69) is 9.89 Å². The Labute approximate surface area is 97.3 Å². The summed E-state index contributed by atoms with van der Waals surface area (Å²) in [4.78, 5) is 11.6. The Morgan fingerprint density at radius 1 is 1.53 bits per heavy atom. The Morgan fingerprint density at radius 2 is 2.35 bits per heavy atom. The molecule has 90 valence electrons. The van der Waals surface area contributed by atoms with Crippen molar-refractivity contribution in [3.05, 3.63) is 23.8 Å². The van der Waals surface area contributed by atoms with Crippen LogP contribution < -0.4 is 10.5 Å². The SMILES string of the molecule is COC(=O)c1cccc2onc(OCCN)c12. The van der Waals surface area contributed by atoms with Gasteiger partial charge in [-0.05, 0) is 17.3 Å². The van der Waals surface area contributed by atoms with Crippen molar-refractivity contribution < 1.29 is 18.8 Å². The molecular weight excluding hydrogens is 224 g/mol. The lowest BCUT2D eigenvalue weighted by atomic mass is 10.1. The van der Waals surface area contributed by atoms with Crippen LogP contribution in [0.4, 0.5) is 0 Å². The molecule has 0 saturated carbocycles. The van der Waals surface area contributed by atoms with E-state index >= 15 is 0 Å². The lowest BCUT2D eigenvalue weighted by Crippen LogP contribution is -2.11. The summed E-state index contributed by atoms with van der Waals surface area (Å²) in [6.07, 6.45) is 0. The lowest BCUT2D eigenvalue weighted by molar-refractivity contribution is 0.0602. The van der Waals surface area contributed by atoms with Crippen molar-refractivity contribution in [1.29, 1.82) is 0 Å². The number of esters is 1. The fourth-order valence-electron chi connectivity index (χ4n) is 1.50. The zero-order valence-corrected chi connectivity index (χ0v) is 9.30. The Kier molecular flexibility index (Phi) is 3.24. The minimum atomic E-state index is -0.462. The number of carbonyl (C=O) groups is 1. The van der Waals surface area contributed by atoms with Gasteiger partial charge in [0.2, 0.25) is 0 Å². The van der Waals surface area contributed by atoms with E-state index in [1.54, 1.807) is 18.2 Å². The molecule has 0 atom stereocenters. The van der Waals surface area contributed by atoms with Crippen molar-refractivity contribution in [3.63, 3.8) is 0 Å². The van der Waals surface area contributed by atoms with Crippen LogP contribution in [0.2, 0.25) is 0 Å². The van der Waals surface area contributed by atoms with E-state index in [0.29, 0.717) is 29.7 Å². The summed E-state index contributed by atoms with van der Waals surface area (Å²) in [5.74, 6) is -0.206. The van der Waals surface area contributed by atoms with Crippen LogP contribution in [0.3, 0.4) is 0 Å². The maximum Gasteiger partial charge on any atom is 0.338 e. The van der Waals surface area contributed by atoms with Crippen molar-refractivity contribution in [1.82, 2.24) is 5.16 Å². The third-order valence-corrected chi connectivity index (χ3v) is 2.23. The summed E-state index contributed by atoms with van der Waals surface area (Å²) < 4.78 is 15.0. The van der Waals surface area contributed by atoms with E-state index in [0.717, 1.165) is 0 Å². The normalized spacial score (nSPS) is 10.5. The van der Waals surface area contributed by atoms with E-state index in [1.807, 2.05) is 0 Å². The van der Waals surface area contributed by atoms with Crippen molar-refractivity contribution in [2.24, 2.45) is 5.73 Å².